The third kappa shape index (κ3) is 3.81. The minimum absolute atomic E-state index is 0.0386. The van der Waals surface area contributed by atoms with Gasteiger partial charge in [-0.05, 0) is 30.7 Å². The Morgan fingerprint density at radius 1 is 1.25 bits per heavy atom. The normalized spacial score (nSPS) is 21.9. The van der Waals surface area contributed by atoms with E-state index in [9.17, 15) is 4.79 Å². The number of benzene rings is 1. The molecule has 4 heteroatoms. The standard InChI is InChI=1S/C16H24N2O2/c1-3-5-12-6-8-13(9-7-12)18-16(19)14-10-20-11-15(14)17-4-2/h6-9,14-15,17H,3-5,10-11H2,1-2H3,(H,18,19). The molecule has 1 aromatic carbocycles. The van der Waals surface area contributed by atoms with Crippen LogP contribution in [0.5, 0.6) is 0 Å². The van der Waals surface area contributed by atoms with Crippen molar-refractivity contribution in [3.8, 4) is 0 Å². The largest absolute Gasteiger partial charge is 0.379 e. The Morgan fingerprint density at radius 2 is 2.00 bits per heavy atom. The van der Waals surface area contributed by atoms with Gasteiger partial charge in [-0.2, -0.15) is 0 Å². The van der Waals surface area contributed by atoms with Gasteiger partial charge in [-0.1, -0.05) is 32.4 Å². The number of rotatable bonds is 6. The molecule has 4 nitrogen and oxygen atoms in total. The van der Waals surface area contributed by atoms with Gasteiger partial charge in [0.1, 0.15) is 0 Å². The van der Waals surface area contributed by atoms with Gasteiger partial charge < -0.3 is 15.4 Å². The van der Waals surface area contributed by atoms with Crippen molar-refractivity contribution in [1.29, 1.82) is 0 Å². The van der Waals surface area contributed by atoms with E-state index in [4.69, 9.17) is 4.74 Å². The Hall–Kier alpha value is -1.39. The summed E-state index contributed by atoms with van der Waals surface area (Å²) in [6.45, 7) is 6.17. The van der Waals surface area contributed by atoms with Gasteiger partial charge in [0.15, 0.2) is 0 Å². The Labute approximate surface area is 120 Å². The first kappa shape index (κ1) is 15.0. The van der Waals surface area contributed by atoms with E-state index in [1.807, 2.05) is 19.1 Å². The van der Waals surface area contributed by atoms with Crippen LogP contribution in [0, 0.1) is 5.92 Å². The van der Waals surface area contributed by atoms with E-state index in [0.717, 1.165) is 25.1 Å². The molecule has 1 aliphatic rings. The second-order valence-corrected chi connectivity index (χ2v) is 5.24. The molecule has 2 unspecified atom stereocenters. The number of carbonyl (C=O) groups excluding carboxylic acids is 1. The lowest BCUT2D eigenvalue weighted by Crippen LogP contribution is -2.41. The monoisotopic (exact) mass is 276 g/mol. The molecule has 2 N–H and O–H groups in total. The fourth-order valence-corrected chi connectivity index (χ4v) is 2.55. The fourth-order valence-electron chi connectivity index (χ4n) is 2.55. The van der Waals surface area contributed by atoms with Crippen molar-refractivity contribution in [2.75, 3.05) is 25.1 Å². The molecular formula is C16H24N2O2. The van der Waals surface area contributed by atoms with Crippen LogP contribution in [0.2, 0.25) is 0 Å². The second kappa shape index (κ2) is 7.41. The summed E-state index contributed by atoms with van der Waals surface area (Å²) in [5.41, 5.74) is 2.16. The average Bonchev–Trinajstić information content (AvgIpc) is 2.90. The highest BCUT2D eigenvalue weighted by atomic mass is 16.5. The maximum absolute atomic E-state index is 12.3. The van der Waals surface area contributed by atoms with Crippen molar-refractivity contribution in [1.82, 2.24) is 5.32 Å². The number of hydrogen-bond acceptors (Lipinski definition) is 3. The zero-order valence-electron chi connectivity index (χ0n) is 12.3. The number of carbonyl (C=O) groups is 1. The van der Waals surface area contributed by atoms with Gasteiger partial charge >= 0.3 is 0 Å². The summed E-state index contributed by atoms with van der Waals surface area (Å²) in [6.07, 6.45) is 2.21. The van der Waals surface area contributed by atoms with E-state index in [1.54, 1.807) is 0 Å². The SMILES string of the molecule is CCCc1ccc(NC(=O)C2COCC2NCC)cc1. The van der Waals surface area contributed by atoms with E-state index in [1.165, 1.54) is 5.56 Å². The highest BCUT2D eigenvalue weighted by Gasteiger charge is 2.33. The number of anilines is 1. The highest BCUT2D eigenvalue weighted by molar-refractivity contribution is 5.93. The molecule has 0 aromatic heterocycles. The molecule has 0 radical (unpaired) electrons. The molecule has 2 atom stereocenters. The summed E-state index contributed by atoms with van der Waals surface area (Å²) in [7, 11) is 0. The van der Waals surface area contributed by atoms with Crippen LogP contribution in [0.25, 0.3) is 0 Å². The smallest absolute Gasteiger partial charge is 0.231 e. The van der Waals surface area contributed by atoms with Crippen LogP contribution in [0.3, 0.4) is 0 Å². The molecule has 0 spiro atoms. The van der Waals surface area contributed by atoms with Crippen LogP contribution in [-0.2, 0) is 16.0 Å². The van der Waals surface area contributed by atoms with Crippen LogP contribution in [-0.4, -0.2) is 31.7 Å². The molecule has 1 fully saturated rings. The third-order valence-corrected chi connectivity index (χ3v) is 3.64. The van der Waals surface area contributed by atoms with Gasteiger partial charge in [-0.3, -0.25) is 4.79 Å². The lowest BCUT2D eigenvalue weighted by atomic mass is 10.0. The highest BCUT2D eigenvalue weighted by Crippen LogP contribution is 2.17. The zero-order valence-corrected chi connectivity index (χ0v) is 12.3. The molecule has 1 aromatic rings. The second-order valence-electron chi connectivity index (χ2n) is 5.24. The molecular weight excluding hydrogens is 252 g/mol. The topological polar surface area (TPSA) is 50.4 Å². The van der Waals surface area contributed by atoms with Crippen LogP contribution in [0.15, 0.2) is 24.3 Å². The van der Waals surface area contributed by atoms with Crippen LogP contribution < -0.4 is 10.6 Å². The quantitative estimate of drug-likeness (QED) is 0.837. The van der Waals surface area contributed by atoms with Gasteiger partial charge in [0, 0.05) is 11.7 Å². The number of aryl methyl sites for hydroxylation is 1. The van der Waals surface area contributed by atoms with Gasteiger partial charge in [0.25, 0.3) is 0 Å². The van der Waals surface area contributed by atoms with Gasteiger partial charge in [-0.15, -0.1) is 0 Å². The summed E-state index contributed by atoms with van der Waals surface area (Å²) < 4.78 is 5.41. The Kier molecular flexibility index (Phi) is 5.56. The molecule has 1 saturated heterocycles. The molecule has 1 amide bonds. The number of ether oxygens (including phenoxy) is 1. The van der Waals surface area contributed by atoms with Crippen molar-refractivity contribution in [2.24, 2.45) is 5.92 Å². The van der Waals surface area contributed by atoms with E-state index in [-0.39, 0.29) is 17.9 Å². The predicted octanol–water partition coefficient (Wildman–Crippen LogP) is 2.20. The lowest BCUT2D eigenvalue weighted by molar-refractivity contribution is -0.120. The molecule has 1 aliphatic heterocycles. The molecule has 1 heterocycles. The van der Waals surface area contributed by atoms with Gasteiger partial charge in [-0.25, -0.2) is 0 Å². The molecule has 0 bridgehead atoms. The van der Waals surface area contributed by atoms with Crippen molar-refractivity contribution in [2.45, 2.75) is 32.7 Å². The lowest BCUT2D eigenvalue weighted by Gasteiger charge is -2.17. The maximum Gasteiger partial charge on any atom is 0.231 e. The Balaban J connectivity index is 1.93. The third-order valence-electron chi connectivity index (χ3n) is 3.64. The van der Waals surface area contributed by atoms with Crippen LogP contribution >= 0.6 is 0 Å². The van der Waals surface area contributed by atoms with E-state index in [0.29, 0.717) is 13.2 Å². The number of hydrogen-bond donors (Lipinski definition) is 2. The number of amides is 1. The van der Waals surface area contributed by atoms with Gasteiger partial charge in [0.05, 0.1) is 19.1 Å². The minimum Gasteiger partial charge on any atom is -0.379 e. The average molecular weight is 276 g/mol. The minimum atomic E-state index is -0.106. The first-order valence-electron chi connectivity index (χ1n) is 7.45. The summed E-state index contributed by atoms with van der Waals surface area (Å²) >= 11 is 0. The van der Waals surface area contributed by atoms with Crippen LogP contribution in [0.1, 0.15) is 25.8 Å². The summed E-state index contributed by atoms with van der Waals surface area (Å²) in [5, 5.41) is 6.28. The number of nitrogens with one attached hydrogen (secondary N) is 2. The summed E-state index contributed by atoms with van der Waals surface area (Å²) in [6, 6.07) is 8.22. The van der Waals surface area contributed by atoms with Crippen molar-refractivity contribution < 1.29 is 9.53 Å². The van der Waals surface area contributed by atoms with E-state index < -0.39 is 0 Å². The van der Waals surface area contributed by atoms with Crippen molar-refractivity contribution in [3.05, 3.63) is 29.8 Å². The summed E-state index contributed by atoms with van der Waals surface area (Å²) in [5.74, 6) is -0.0676. The zero-order chi connectivity index (χ0) is 14.4. The Bertz CT molecular complexity index is 431. The summed E-state index contributed by atoms with van der Waals surface area (Å²) in [4.78, 5) is 12.3. The first-order chi connectivity index (χ1) is 9.74. The number of likely N-dealkylation sites (N-methyl/N-ethyl adjacent to an activating group) is 1. The molecule has 2 rings (SSSR count). The van der Waals surface area contributed by atoms with Crippen LogP contribution in [0.4, 0.5) is 5.69 Å². The first-order valence-corrected chi connectivity index (χ1v) is 7.45. The molecule has 0 aliphatic carbocycles. The van der Waals surface area contributed by atoms with E-state index >= 15 is 0 Å². The van der Waals surface area contributed by atoms with Gasteiger partial charge in [0.2, 0.25) is 5.91 Å². The molecule has 20 heavy (non-hydrogen) atoms. The predicted molar refractivity (Wildman–Crippen MR) is 80.8 cm³/mol. The maximum atomic E-state index is 12.3. The van der Waals surface area contributed by atoms with E-state index in [2.05, 4.69) is 29.7 Å². The Morgan fingerprint density at radius 3 is 2.65 bits per heavy atom. The van der Waals surface area contributed by atoms with Crippen molar-refractivity contribution in [3.63, 3.8) is 0 Å². The molecule has 0 saturated carbocycles. The molecule has 110 valence electrons. The fraction of sp³-hybridized carbons (Fsp3) is 0.562. The van der Waals surface area contributed by atoms with Crippen molar-refractivity contribution >= 4 is 11.6 Å².